The lowest BCUT2D eigenvalue weighted by Gasteiger charge is -2.11. The van der Waals surface area contributed by atoms with Crippen LogP contribution in [0, 0.1) is 0 Å². The Kier molecular flexibility index (Phi) is 5.33. The molecule has 1 amide bonds. The van der Waals surface area contributed by atoms with Crippen LogP contribution >= 0.6 is 11.3 Å². The number of sulfonamides is 1. The van der Waals surface area contributed by atoms with Crippen molar-refractivity contribution in [2.24, 2.45) is 0 Å². The molecule has 1 aromatic heterocycles. The number of rotatable bonds is 6. The van der Waals surface area contributed by atoms with Gasteiger partial charge >= 0.3 is 0 Å². The Morgan fingerprint density at radius 3 is 2.45 bits per heavy atom. The summed E-state index contributed by atoms with van der Waals surface area (Å²) in [7, 11) is -3.77. The molecule has 0 bridgehead atoms. The molecule has 0 spiro atoms. The van der Waals surface area contributed by atoms with Crippen molar-refractivity contribution in [3.63, 3.8) is 0 Å². The van der Waals surface area contributed by atoms with Gasteiger partial charge in [0.15, 0.2) is 0 Å². The van der Waals surface area contributed by atoms with Crippen molar-refractivity contribution in [3.8, 4) is 0 Å². The lowest BCUT2D eigenvalue weighted by molar-refractivity contribution is 0.0949. The van der Waals surface area contributed by atoms with Crippen LogP contribution in [0.5, 0.6) is 0 Å². The Morgan fingerprint density at radius 1 is 1.23 bits per heavy atom. The van der Waals surface area contributed by atoms with Crippen LogP contribution in [0.2, 0.25) is 0 Å². The third-order valence-corrected chi connectivity index (χ3v) is 5.55. The van der Waals surface area contributed by atoms with Crippen LogP contribution in [0.4, 0.5) is 0 Å². The van der Waals surface area contributed by atoms with Gasteiger partial charge in [0.1, 0.15) is 0 Å². The smallest absolute Gasteiger partial charge is 0.273 e. The van der Waals surface area contributed by atoms with Crippen molar-refractivity contribution in [3.05, 3.63) is 52.2 Å². The summed E-state index contributed by atoms with van der Waals surface area (Å²) in [6, 6.07) is 10.0. The predicted octanol–water partition coefficient (Wildman–Crippen LogP) is 2.88. The molecule has 2 N–H and O–H groups in total. The van der Waals surface area contributed by atoms with Crippen LogP contribution in [-0.4, -0.2) is 14.3 Å². The molecule has 0 radical (unpaired) electrons. The molecule has 5 nitrogen and oxygen atoms in total. The quantitative estimate of drug-likeness (QED) is 0.795. The van der Waals surface area contributed by atoms with Crippen LogP contribution in [0.15, 0.2) is 46.7 Å². The van der Waals surface area contributed by atoms with E-state index >= 15 is 0 Å². The fourth-order valence-corrected chi connectivity index (χ4v) is 3.31. The predicted molar refractivity (Wildman–Crippen MR) is 87.3 cm³/mol. The van der Waals surface area contributed by atoms with E-state index in [1.807, 2.05) is 0 Å². The number of hydrogen-bond donors (Lipinski definition) is 2. The number of thiophene rings is 1. The first kappa shape index (κ1) is 16.7. The van der Waals surface area contributed by atoms with E-state index in [-0.39, 0.29) is 4.90 Å². The van der Waals surface area contributed by atoms with Gasteiger partial charge in [-0.05, 0) is 41.5 Å². The van der Waals surface area contributed by atoms with E-state index in [4.69, 9.17) is 0 Å². The van der Waals surface area contributed by atoms with Crippen LogP contribution in [0.3, 0.4) is 0 Å². The van der Waals surface area contributed by atoms with Gasteiger partial charge in [0.25, 0.3) is 15.9 Å². The molecule has 0 aliphatic rings. The molecule has 1 aromatic carbocycles. The first-order chi connectivity index (χ1) is 10.4. The number of carbonyl (C=O) groups is 1. The molecule has 2 aromatic rings. The highest BCUT2D eigenvalue weighted by molar-refractivity contribution is 7.89. The molecule has 0 aliphatic heterocycles. The van der Waals surface area contributed by atoms with E-state index in [9.17, 15) is 13.2 Å². The standard InChI is InChI=1S/C15H18N2O3S2/c1-3-11(2)12-6-8-13(9-7-12)22(19,20)17-16-15(18)14-5-4-10-21-14/h4-11,17H,3H2,1-2H3,(H,16,18)/t11-/m0/s1. The van der Waals surface area contributed by atoms with Gasteiger partial charge in [0.05, 0.1) is 9.77 Å². The van der Waals surface area contributed by atoms with Gasteiger partial charge in [0, 0.05) is 0 Å². The summed E-state index contributed by atoms with van der Waals surface area (Å²) in [5, 5.41) is 1.75. The second-order valence-electron chi connectivity index (χ2n) is 4.92. The van der Waals surface area contributed by atoms with Crippen molar-refractivity contribution < 1.29 is 13.2 Å². The Hall–Kier alpha value is -1.70. The maximum Gasteiger partial charge on any atom is 0.276 e. The zero-order valence-corrected chi connectivity index (χ0v) is 14.0. The highest BCUT2D eigenvalue weighted by Crippen LogP contribution is 2.20. The molecule has 0 saturated carbocycles. The van der Waals surface area contributed by atoms with E-state index in [1.54, 1.807) is 41.8 Å². The normalized spacial score (nSPS) is 12.8. The molecule has 0 aliphatic carbocycles. The third kappa shape index (κ3) is 3.94. The molecule has 1 atom stereocenters. The molecule has 0 saturated heterocycles. The summed E-state index contributed by atoms with van der Waals surface area (Å²) in [5.41, 5.74) is 3.29. The van der Waals surface area contributed by atoms with Gasteiger partial charge in [-0.2, -0.15) is 0 Å². The molecular formula is C15H18N2O3S2. The van der Waals surface area contributed by atoms with Gasteiger partial charge in [-0.3, -0.25) is 10.2 Å². The van der Waals surface area contributed by atoms with Crippen molar-refractivity contribution in [1.82, 2.24) is 10.3 Å². The monoisotopic (exact) mass is 338 g/mol. The minimum atomic E-state index is -3.77. The zero-order chi connectivity index (χ0) is 16.2. The van der Waals surface area contributed by atoms with Crippen molar-refractivity contribution in [2.75, 3.05) is 0 Å². The Morgan fingerprint density at radius 2 is 1.91 bits per heavy atom. The highest BCUT2D eigenvalue weighted by atomic mass is 32.2. The summed E-state index contributed by atoms with van der Waals surface area (Å²) in [6.07, 6.45) is 0.987. The summed E-state index contributed by atoms with van der Waals surface area (Å²) in [6.45, 7) is 4.17. The lowest BCUT2D eigenvalue weighted by Crippen LogP contribution is -2.41. The SMILES string of the molecule is CC[C@H](C)c1ccc(S(=O)(=O)NNC(=O)c2cccs2)cc1. The van der Waals surface area contributed by atoms with Crippen molar-refractivity contribution >= 4 is 27.3 Å². The number of nitrogens with one attached hydrogen (secondary N) is 2. The Labute approximate surface area is 134 Å². The summed E-state index contributed by atoms with van der Waals surface area (Å²) in [5.74, 6) is -0.0990. The van der Waals surface area contributed by atoms with Crippen LogP contribution in [0.1, 0.15) is 41.4 Å². The molecule has 22 heavy (non-hydrogen) atoms. The van der Waals surface area contributed by atoms with E-state index in [0.717, 1.165) is 12.0 Å². The van der Waals surface area contributed by atoms with E-state index in [2.05, 4.69) is 24.1 Å². The Balaban J connectivity index is 2.05. The first-order valence-electron chi connectivity index (χ1n) is 6.89. The van der Waals surface area contributed by atoms with Crippen LogP contribution in [0.25, 0.3) is 0 Å². The molecule has 2 rings (SSSR count). The average molecular weight is 338 g/mol. The van der Waals surface area contributed by atoms with Gasteiger partial charge in [-0.1, -0.05) is 32.0 Å². The molecule has 1 heterocycles. The van der Waals surface area contributed by atoms with Gasteiger partial charge < -0.3 is 0 Å². The molecule has 0 fully saturated rings. The minimum absolute atomic E-state index is 0.117. The molecule has 0 unspecified atom stereocenters. The van der Waals surface area contributed by atoms with E-state index in [1.165, 1.54) is 11.3 Å². The maximum absolute atomic E-state index is 12.1. The highest BCUT2D eigenvalue weighted by Gasteiger charge is 2.16. The molecule has 7 heteroatoms. The van der Waals surface area contributed by atoms with Gasteiger partial charge in [-0.15, -0.1) is 16.2 Å². The third-order valence-electron chi connectivity index (χ3n) is 3.42. The summed E-state index contributed by atoms with van der Waals surface area (Å²) >= 11 is 1.24. The summed E-state index contributed by atoms with van der Waals surface area (Å²) in [4.78, 5) is 14.4. The lowest BCUT2D eigenvalue weighted by atomic mass is 9.99. The molecular weight excluding hydrogens is 320 g/mol. The number of benzene rings is 1. The number of hydrogen-bond acceptors (Lipinski definition) is 4. The van der Waals surface area contributed by atoms with E-state index < -0.39 is 15.9 Å². The van der Waals surface area contributed by atoms with Gasteiger partial charge in [0.2, 0.25) is 0 Å². The first-order valence-corrected chi connectivity index (χ1v) is 9.26. The zero-order valence-electron chi connectivity index (χ0n) is 12.4. The van der Waals surface area contributed by atoms with Gasteiger partial charge in [-0.25, -0.2) is 8.42 Å². The Bertz CT molecular complexity index is 723. The van der Waals surface area contributed by atoms with Crippen molar-refractivity contribution in [1.29, 1.82) is 0 Å². The average Bonchev–Trinajstić information content (AvgIpc) is 3.06. The number of hydrazine groups is 1. The number of amides is 1. The fraction of sp³-hybridized carbons (Fsp3) is 0.267. The fourth-order valence-electron chi connectivity index (χ4n) is 1.85. The second kappa shape index (κ2) is 7.04. The topological polar surface area (TPSA) is 75.3 Å². The summed E-state index contributed by atoms with van der Waals surface area (Å²) < 4.78 is 24.3. The molecule has 118 valence electrons. The van der Waals surface area contributed by atoms with Crippen molar-refractivity contribution in [2.45, 2.75) is 31.1 Å². The van der Waals surface area contributed by atoms with E-state index in [0.29, 0.717) is 10.8 Å². The van der Waals surface area contributed by atoms with Crippen LogP contribution < -0.4 is 10.3 Å². The number of carbonyl (C=O) groups excluding carboxylic acids is 1. The minimum Gasteiger partial charge on any atom is -0.273 e. The largest absolute Gasteiger partial charge is 0.276 e. The second-order valence-corrected chi connectivity index (χ2v) is 7.55. The van der Waals surface area contributed by atoms with Crippen LogP contribution in [-0.2, 0) is 10.0 Å². The maximum atomic E-state index is 12.1.